The van der Waals surface area contributed by atoms with Crippen molar-refractivity contribution in [2.75, 3.05) is 11.9 Å². The number of benzene rings is 2. The van der Waals surface area contributed by atoms with Crippen LogP contribution in [0.2, 0.25) is 0 Å². The van der Waals surface area contributed by atoms with E-state index in [9.17, 15) is 18.8 Å². The molecule has 6 rings (SSSR count). The van der Waals surface area contributed by atoms with E-state index in [1.807, 2.05) is 13.8 Å². The van der Waals surface area contributed by atoms with Crippen molar-refractivity contribution in [3.63, 3.8) is 0 Å². The molecule has 0 saturated heterocycles. The highest BCUT2D eigenvalue weighted by Gasteiger charge is 2.41. The quantitative estimate of drug-likeness (QED) is 0.276. The number of rotatable bonds is 7. The van der Waals surface area contributed by atoms with Gasteiger partial charge in [-0.1, -0.05) is 44.9 Å². The summed E-state index contributed by atoms with van der Waals surface area (Å²) in [5.74, 6) is -1.09. The summed E-state index contributed by atoms with van der Waals surface area (Å²) in [4.78, 5) is 44.8. The third-order valence-corrected chi connectivity index (χ3v) is 8.28. The summed E-state index contributed by atoms with van der Waals surface area (Å²) in [5.41, 5.74) is 3.41. The molecule has 1 fully saturated rings. The smallest absolute Gasteiger partial charge is 0.276 e. The molecule has 9 nitrogen and oxygen atoms in total. The van der Waals surface area contributed by atoms with Crippen molar-refractivity contribution in [2.24, 2.45) is 0 Å². The van der Waals surface area contributed by atoms with Crippen LogP contribution in [0, 0.1) is 5.82 Å². The fourth-order valence-corrected chi connectivity index (χ4v) is 6.31. The molecule has 0 atom stereocenters. The van der Waals surface area contributed by atoms with Gasteiger partial charge in [0.1, 0.15) is 11.5 Å². The molecular formula is C33H35FN6O3. The number of nitrogens with zero attached hydrogens (tertiary/aromatic N) is 3. The van der Waals surface area contributed by atoms with Gasteiger partial charge in [-0.3, -0.25) is 19.1 Å². The van der Waals surface area contributed by atoms with Crippen LogP contribution >= 0.6 is 0 Å². The van der Waals surface area contributed by atoms with Gasteiger partial charge in [-0.2, -0.15) is 5.10 Å². The van der Waals surface area contributed by atoms with Crippen molar-refractivity contribution in [1.82, 2.24) is 25.0 Å². The standard InChI is InChI=1S/C33H35FN6O3/c1-33(2)20-39(32(43)27-11-6-16-35-27)19-26-28(38-40(29(26)33)18-21-12-14-23(34)15-13-21)31(42)37-25-10-5-7-22(17-25)30(41)36-24-8-3-4-9-24/h5-7,10-17,24,35H,3-4,8-9,18-20H2,1-2H3,(H,36,41)(H,37,42). The van der Waals surface area contributed by atoms with Crippen LogP contribution in [0.25, 0.3) is 0 Å². The minimum absolute atomic E-state index is 0.163. The summed E-state index contributed by atoms with van der Waals surface area (Å²) in [5, 5.41) is 10.8. The number of aromatic nitrogens is 3. The second kappa shape index (κ2) is 11.5. The number of aromatic amines is 1. The molecule has 222 valence electrons. The molecule has 2 aromatic carbocycles. The van der Waals surface area contributed by atoms with Crippen LogP contribution in [0.5, 0.6) is 0 Å². The van der Waals surface area contributed by atoms with Gasteiger partial charge in [0, 0.05) is 41.0 Å². The first-order valence-electron chi connectivity index (χ1n) is 14.7. The Kier molecular flexibility index (Phi) is 7.60. The minimum atomic E-state index is -0.542. The minimum Gasteiger partial charge on any atom is -0.357 e. The van der Waals surface area contributed by atoms with Gasteiger partial charge in [-0.25, -0.2) is 4.39 Å². The maximum absolute atomic E-state index is 13.8. The average Bonchev–Trinajstić information content (AvgIpc) is 3.76. The Morgan fingerprint density at radius 3 is 2.51 bits per heavy atom. The second-order valence-electron chi connectivity index (χ2n) is 12.1. The van der Waals surface area contributed by atoms with E-state index in [0.29, 0.717) is 35.6 Å². The van der Waals surface area contributed by atoms with Gasteiger partial charge < -0.3 is 20.5 Å². The zero-order valence-corrected chi connectivity index (χ0v) is 24.3. The van der Waals surface area contributed by atoms with Crippen LogP contribution in [0.3, 0.4) is 0 Å². The number of H-pyrrole nitrogens is 1. The van der Waals surface area contributed by atoms with Gasteiger partial charge in [-0.05, 0) is 60.9 Å². The summed E-state index contributed by atoms with van der Waals surface area (Å²) in [6.45, 7) is 5.01. The van der Waals surface area contributed by atoms with Crippen LogP contribution in [0.15, 0.2) is 66.9 Å². The Morgan fingerprint density at radius 1 is 1.02 bits per heavy atom. The lowest BCUT2D eigenvalue weighted by Crippen LogP contribution is -2.46. The van der Waals surface area contributed by atoms with Crippen molar-refractivity contribution in [3.05, 3.63) is 106 Å². The highest BCUT2D eigenvalue weighted by atomic mass is 19.1. The Bertz CT molecular complexity index is 1650. The summed E-state index contributed by atoms with van der Waals surface area (Å²) < 4.78 is 15.4. The van der Waals surface area contributed by atoms with Crippen molar-refractivity contribution in [2.45, 2.75) is 64.1 Å². The molecule has 0 unspecified atom stereocenters. The van der Waals surface area contributed by atoms with E-state index in [0.717, 1.165) is 36.9 Å². The normalized spacial score (nSPS) is 16.1. The number of amides is 3. The Morgan fingerprint density at radius 2 is 1.79 bits per heavy atom. The van der Waals surface area contributed by atoms with E-state index in [2.05, 4.69) is 15.6 Å². The topological polar surface area (TPSA) is 112 Å². The second-order valence-corrected chi connectivity index (χ2v) is 12.1. The maximum Gasteiger partial charge on any atom is 0.276 e. The summed E-state index contributed by atoms with van der Waals surface area (Å²) in [6, 6.07) is 16.7. The highest BCUT2D eigenvalue weighted by molar-refractivity contribution is 6.05. The van der Waals surface area contributed by atoms with Crippen LogP contribution in [0.1, 0.15) is 87.7 Å². The fraction of sp³-hybridized carbons (Fsp3) is 0.333. The number of carbonyl (C=O) groups is 3. The van der Waals surface area contributed by atoms with Gasteiger partial charge >= 0.3 is 0 Å². The van der Waals surface area contributed by atoms with Crippen LogP contribution in [-0.4, -0.2) is 50.0 Å². The van der Waals surface area contributed by atoms with Gasteiger partial charge in [0.15, 0.2) is 5.69 Å². The SMILES string of the molecule is CC1(C)CN(C(=O)c2ccc[nH]2)Cc2c(C(=O)Nc3cccc(C(=O)NC4CCCC4)c3)nn(Cc3ccc(F)cc3)c21. The molecule has 4 aromatic rings. The van der Waals surface area contributed by atoms with Crippen LogP contribution < -0.4 is 10.6 Å². The fourth-order valence-electron chi connectivity index (χ4n) is 6.31. The van der Waals surface area contributed by atoms with Gasteiger partial charge in [0.05, 0.1) is 18.8 Å². The first-order valence-corrected chi connectivity index (χ1v) is 14.7. The third kappa shape index (κ3) is 5.95. The summed E-state index contributed by atoms with van der Waals surface area (Å²) in [6.07, 6.45) is 5.89. The van der Waals surface area contributed by atoms with Crippen molar-refractivity contribution in [1.29, 1.82) is 0 Å². The molecule has 3 heterocycles. The van der Waals surface area contributed by atoms with Crippen molar-refractivity contribution in [3.8, 4) is 0 Å². The number of carbonyl (C=O) groups excluding carboxylic acids is 3. The zero-order valence-electron chi connectivity index (χ0n) is 24.3. The molecule has 10 heteroatoms. The highest BCUT2D eigenvalue weighted by Crippen LogP contribution is 2.36. The van der Waals surface area contributed by atoms with E-state index in [4.69, 9.17) is 5.10 Å². The van der Waals surface area contributed by atoms with E-state index >= 15 is 0 Å². The summed E-state index contributed by atoms with van der Waals surface area (Å²) in [7, 11) is 0. The largest absolute Gasteiger partial charge is 0.357 e. The first-order chi connectivity index (χ1) is 20.7. The molecule has 1 saturated carbocycles. The number of halogens is 1. The first kappa shape index (κ1) is 28.4. The molecule has 1 aliphatic carbocycles. The maximum atomic E-state index is 13.8. The van der Waals surface area contributed by atoms with Gasteiger partial charge in [0.2, 0.25) is 0 Å². The van der Waals surface area contributed by atoms with Crippen LogP contribution in [-0.2, 0) is 18.5 Å². The van der Waals surface area contributed by atoms with Crippen molar-refractivity contribution >= 4 is 23.4 Å². The monoisotopic (exact) mass is 582 g/mol. The molecule has 0 spiro atoms. The Labute approximate surface area is 249 Å². The van der Waals surface area contributed by atoms with Gasteiger partial charge in [-0.15, -0.1) is 0 Å². The van der Waals surface area contributed by atoms with E-state index in [1.54, 1.807) is 64.3 Å². The Hall–Kier alpha value is -4.73. The van der Waals surface area contributed by atoms with Crippen molar-refractivity contribution < 1.29 is 18.8 Å². The lowest BCUT2D eigenvalue weighted by Gasteiger charge is -2.38. The number of hydrogen-bond acceptors (Lipinski definition) is 4. The number of anilines is 1. The molecular weight excluding hydrogens is 547 g/mol. The number of nitrogens with one attached hydrogen (secondary N) is 3. The predicted octanol–water partition coefficient (Wildman–Crippen LogP) is 5.26. The van der Waals surface area contributed by atoms with Gasteiger partial charge in [0.25, 0.3) is 17.7 Å². The molecule has 0 bridgehead atoms. The van der Waals surface area contributed by atoms with E-state index in [1.165, 1.54) is 12.1 Å². The molecule has 2 aromatic heterocycles. The number of fused-ring (bicyclic) bond motifs is 1. The lowest BCUT2D eigenvalue weighted by molar-refractivity contribution is 0.0674. The third-order valence-electron chi connectivity index (χ3n) is 8.28. The number of hydrogen-bond donors (Lipinski definition) is 3. The molecule has 2 aliphatic rings. The molecule has 43 heavy (non-hydrogen) atoms. The van der Waals surface area contributed by atoms with Crippen LogP contribution in [0.4, 0.5) is 10.1 Å². The molecule has 1 aliphatic heterocycles. The molecule has 3 N–H and O–H groups in total. The molecule has 0 radical (unpaired) electrons. The molecule has 3 amide bonds. The van der Waals surface area contributed by atoms with E-state index in [-0.39, 0.29) is 35.9 Å². The Balaban J connectivity index is 1.32. The lowest BCUT2D eigenvalue weighted by atomic mass is 9.82. The summed E-state index contributed by atoms with van der Waals surface area (Å²) >= 11 is 0. The van der Waals surface area contributed by atoms with E-state index < -0.39 is 11.3 Å². The average molecular weight is 583 g/mol. The zero-order chi connectivity index (χ0) is 30.1. The predicted molar refractivity (Wildman–Crippen MR) is 160 cm³/mol.